The molecule has 5 fully saturated rings. The zero-order chi connectivity index (χ0) is 29.7. The van der Waals surface area contributed by atoms with Gasteiger partial charge in [0.2, 0.25) is 0 Å². The summed E-state index contributed by atoms with van der Waals surface area (Å²) in [5.74, 6) is 1.73. The van der Waals surface area contributed by atoms with Crippen LogP contribution >= 0.6 is 0 Å². The van der Waals surface area contributed by atoms with Crippen molar-refractivity contribution in [3.8, 4) is 0 Å². The first-order valence-corrected chi connectivity index (χ1v) is 17.9. The third kappa shape index (κ3) is 5.07. The quantitative estimate of drug-likeness (QED) is 0.210. The highest BCUT2D eigenvalue weighted by atomic mass is 32.3. The van der Waals surface area contributed by atoms with E-state index in [9.17, 15) is 25.9 Å². The molecule has 5 saturated carbocycles. The largest absolute Gasteiger partial charge is 0.397 e. The molecule has 10 atom stereocenters. The molecule has 5 aliphatic rings. The predicted molar refractivity (Wildman–Crippen MR) is 159 cm³/mol. The van der Waals surface area contributed by atoms with Crippen molar-refractivity contribution in [3.63, 3.8) is 0 Å². The van der Waals surface area contributed by atoms with Gasteiger partial charge in [0.1, 0.15) is 0 Å². The van der Waals surface area contributed by atoms with Gasteiger partial charge in [-0.3, -0.25) is 9.11 Å². The van der Waals surface area contributed by atoms with Crippen molar-refractivity contribution in [2.45, 2.75) is 112 Å². The first kappa shape index (κ1) is 33.3. The second kappa shape index (κ2) is 10.2. The average molecular weight is 621 g/mol. The van der Waals surface area contributed by atoms with Crippen LogP contribution in [0, 0.1) is 56.7 Å². The molecule has 0 aromatic rings. The zero-order valence-corrected chi connectivity index (χ0v) is 27.7. The Labute approximate surface area is 248 Å². The van der Waals surface area contributed by atoms with E-state index in [4.69, 9.17) is 8.37 Å². The lowest BCUT2D eigenvalue weighted by Gasteiger charge is -2.73. The Morgan fingerprint density at radius 1 is 0.805 bits per heavy atom. The molecule has 0 aliphatic heterocycles. The molecule has 0 aromatic carbocycles. The maximum absolute atomic E-state index is 11.7. The van der Waals surface area contributed by atoms with Gasteiger partial charge in [0.05, 0.1) is 12.7 Å². The smallest absolute Gasteiger partial charge is 0.369 e. The fraction of sp³-hybridized carbons (Fsp3) is 0.933. The van der Waals surface area contributed by atoms with Gasteiger partial charge in [0, 0.05) is 0 Å². The summed E-state index contributed by atoms with van der Waals surface area (Å²) in [7, 11) is -9.04. The molecular formula is C30H54NO8S2+. The van der Waals surface area contributed by atoms with E-state index in [2.05, 4.69) is 48.1 Å². The molecule has 9 nitrogen and oxygen atoms in total. The van der Waals surface area contributed by atoms with Crippen molar-refractivity contribution < 1.29 is 34.3 Å². The van der Waals surface area contributed by atoms with E-state index in [1.54, 1.807) is 0 Å². The molecule has 41 heavy (non-hydrogen) atoms. The molecule has 0 aromatic heterocycles. The van der Waals surface area contributed by atoms with E-state index in [1.165, 1.54) is 0 Å². The number of fused-ring (bicyclic) bond motifs is 7. The summed E-state index contributed by atoms with van der Waals surface area (Å²) in [5.41, 5.74) is 0.640. The first-order valence-electron chi connectivity index (χ1n) is 15.1. The van der Waals surface area contributed by atoms with Gasteiger partial charge < -0.3 is 6.15 Å². The molecule has 6 N–H and O–H groups in total. The summed E-state index contributed by atoms with van der Waals surface area (Å²) in [4.78, 5) is 0. The molecule has 0 amide bonds. The van der Waals surface area contributed by atoms with Gasteiger partial charge in [-0.25, -0.2) is 8.37 Å². The van der Waals surface area contributed by atoms with Crippen LogP contribution in [0.25, 0.3) is 0 Å². The van der Waals surface area contributed by atoms with Crippen LogP contribution in [0.4, 0.5) is 0 Å². The summed E-state index contributed by atoms with van der Waals surface area (Å²) < 4.78 is 75.9. The highest BCUT2D eigenvalue weighted by molar-refractivity contribution is 7.81. The van der Waals surface area contributed by atoms with Crippen molar-refractivity contribution in [2.75, 3.05) is 6.61 Å². The third-order valence-corrected chi connectivity index (χ3v) is 14.8. The monoisotopic (exact) mass is 620 g/mol. The maximum atomic E-state index is 11.7. The number of quaternary nitrogens is 1. The number of hydrogen-bond acceptors (Lipinski definition) is 6. The minimum Gasteiger partial charge on any atom is -0.369 e. The Morgan fingerprint density at radius 3 is 2.05 bits per heavy atom. The maximum Gasteiger partial charge on any atom is 0.397 e. The Hall–Kier alpha value is -0.560. The summed E-state index contributed by atoms with van der Waals surface area (Å²) in [5, 5.41) is 0. The van der Waals surface area contributed by atoms with Crippen molar-refractivity contribution >= 4 is 20.8 Å². The Balaban J connectivity index is 0.00000387. The van der Waals surface area contributed by atoms with Crippen LogP contribution in [0.5, 0.6) is 0 Å². The number of hydrogen-bond donors (Lipinski definition) is 3. The summed E-state index contributed by atoms with van der Waals surface area (Å²) in [6.45, 7) is 18.1. The van der Waals surface area contributed by atoms with E-state index >= 15 is 0 Å². The third-order valence-electron chi connectivity index (χ3n) is 13.9. The molecular weight excluding hydrogens is 566 g/mol. The van der Waals surface area contributed by atoms with E-state index in [0.717, 1.165) is 63.4 Å². The molecule has 0 radical (unpaired) electrons. The SMILES string of the molecule is C=C(C)[C@@H]1CC[C@]2(COS(=O)(=O)O)CC[C@]3(C)[C@H](CCC4[C@@]5(C)CC[C@H](OS(=O)(=O)O)C(C)(C)[C@@H]5CC[C@]43C)C12.[NH4+]. The normalized spacial score (nSPS) is 47.2. The molecule has 2 unspecified atom stereocenters. The second-order valence-electron chi connectivity index (χ2n) is 15.6. The van der Waals surface area contributed by atoms with Gasteiger partial charge in [-0.2, -0.15) is 16.8 Å². The lowest BCUT2D eigenvalue weighted by atomic mass is 9.32. The second-order valence-corrected chi connectivity index (χ2v) is 17.7. The molecule has 0 saturated heterocycles. The van der Waals surface area contributed by atoms with Crippen LogP contribution < -0.4 is 6.15 Å². The van der Waals surface area contributed by atoms with Crippen LogP contribution in [0.2, 0.25) is 0 Å². The molecule has 0 bridgehead atoms. The lowest BCUT2D eigenvalue weighted by molar-refractivity contribution is -0.247. The molecule has 5 aliphatic carbocycles. The fourth-order valence-electron chi connectivity index (χ4n) is 12.0. The van der Waals surface area contributed by atoms with Crippen LogP contribution in [-0.4, -0.2) is 38.7 Å². The Bertz CT molecular complexity index is 1270. The molecule has 5 rings (SSSR count). The van der Waals surface area contributed by atoms with Gasteiger partial charge in [-0.15, -0.1) is 0 Å². The standard InChI is InChI=1S/C30H50O8S2.H3N/c1-19(2)20-10-15-30(18-37-39(31,32)33)17-16-28(6)21(25(20)30)8-9-23-27(5)13-12-24(38-40(34,35)36)26(3,4)22(27)11-14-29(23,28)7;/h20-25H,1,8-18H2,2-7H3,(H,31,32,33)(H,34,35,36);1H3/p+1/t20-,21+,22-,23?,24-,25?,27-,28+,29+,30+;/m0./s1. The molecule has 11 heteroatoms. The van der Waals surface area contributed by atoms with Crippen molar-refractivity contribution in [3.05, 3.63) is 12.2 Å². The first-order chi connectivity index (χ1) is 18.2. The van der Waals surface area contributed by atoms with Gasteiger partial charge in [-0.05, 0) is 128 Å². The van der Waals surface area contributed by atoms with Crippen molar-refractivity contribution in [1.29, 1.82) is 0 Å². The summed E-state index contributed by atoms with van der Waals surface area (Å²) >= 11 is 0. The van der Waals surface area contributed by atoms with E-state index in [-0.39, 0.29) is 46.3 Å². The van der Waals surface area contributed by atoms with Gasteiger partial charge >= 0.3 is 20.8 Å². The minimum atomic E-state index is -4.52. The molecule has 0 heterocycles. The van der Waals surface area contributed by atoms with Crippen LogP contribution in [0.3, 0.4) is 0 Å². The number of rotatable bonds is 6. The highest BCUT2D eigenvalue weighted by Gasteiger charge is 2.71. The van der Waals surface area contributed by atoms with Crippen molar-refractivity contribution in [2.24, 2.45) is 56.7 Å². The summed E-state index contributed by atoms with van der Waals surface area (Å²) in [6.07, 6.45) is 8.84. The summed E-state index contributed by atoms with van der Waals surface area (Å²) in [6, 6.07) is 0. The van der Waals surface area contributed by atoms with E-state index in [0.29, 0.717) is 24.2 Å². The lowest BCUT2D eigenvalue weighted by Crippen LogP contribution is -2.67. The van der Waals surface area contributed by atoms with Crippen molar-refractivity contribution in [1.82, 2.24) is 6.15 Å². The van der Waals surface area contributed by atoms with E-state index < -0.39 is 32.3 Å². The number of allylic oxidation sites excluding steroid dienone is 1. The topological polar surface area (TPSA) is 164 Å². The van der Waals surface area contributed by atoms with Gasteiger partial charge in [0.15, 0.2) is 0 Å². The van der Waals surface area contributed by atoms with Crippen LogP contribution in [0.1, 0.15) is 106 Å². The fourth-order valence-corrected chi connectivity index (χ4v) is 13.0. The Morgan fingerprint density at radius 2 is 1.46 bits per heavy atom. The predicted octanol–water partition coefficient (Wildman–Crippen LogP) is 7.03. The van der Waals surface area contributed by atoms with E-state index in [1.807, 2.05) is 0 Å². The highest BCUT2D eigenvalue weighted by Crippen LogP contribution is 2.77. The van der Waals surface area contributed by atoms with Gasteiger partial charge in [0.25, 0.3) is 0 Å². The molecule has 238 valence electrons. The average Bonchev–Trinajstić information content (AvgIpc) is 3.19. The molecule has 0 spiro atoms. The zero-order valence-electron chi connectivity index (χ0n) is 26.1. The van der Waals surface area contributed by atoms with Crippen LogP contribution in [-0.2, 0) is 29.2 Å². The van der Waals surface area contributed by atoms with Gasteiger partial charge in [-0.1, -0.05) is 46.8 Å². The minimum absolute atomic E-state index is 0. The van der Waals surface area contributed by atoms with Crippen LogP contribution in [0.15, 0.2) is 12.2 Å². The Kier molecular flexibility index (Phi) is 8.33.